The lowest BCUT2D eigenvalue weighted by Gasteiger charge is -2.13. The molecule has 148 valence electrons. The van der Waals surface area contributed by atoms with Gasteiger partial charge in [-0.15, -0.1) is 0 Å². The molecule has 3 aromatic rings. The molecule has 28 heavy (non-hydrogen) atoms. The van der Waals surface area contributed by atoms with Crippen LogP contribution in [0.3, 0.4) is 0 Å². The second-order valence-electron chi connectivity index (χ2n) is 6.86. The minimum Gasteiger partial charge on any atom is -0.326 e. The van der Waals surface area contributed by atoms with Gasteiger partial charge in [-0.25, -0.2) is 8.78 Å². The average molecular weight is 388 g/mol. The normalized spacial score (nSPS) is 11.4. The van der Waals surface area contributed by atoms with Gasteiger partial charge in [0.25, 0.3) is 12.0 Å². The lowest BCUT2D eigenvalue weighted by molar-refractivity contribution is -0.116. The first-order valence-electron chi connectivity index (χ1n) is 8.92. The number of fused-ring (bicyclic) bond motifs is 1. The van der Waals surface area contributed by atoms with Crippen LogP contribution in [0.25, 0.3) is 11.0 Å². The Morgan fingerprint density at radius 2 is 1.86 bits per heavy atom. The smallest absolute Gasteiger partial charge is 0.264 e. The highest BCUT2D eigenvalue weighted by Crippen LogP contribution is 2.28. The van der Waals surface area contributed by atoms with Gasteiger partial charge in [0.05, 0.1) is 0 Å². The molecule has 1 aromatic carbocycles. The third-order valence-electron chi connectivity index (χ3n) is 4.95. The number of amides is 1. The molecule has 2 aromatic heterocycles. The molecule has 3 rings (SSSR count). The van der Waals surface area contributed by atoms with Crippen LogP contribution in [0, 0.1) is 20.8 Å². The minimum atomic E-state index is -2.78. The van der Waals surface area contributed by atoms with Crippen molar-refractivity contribution < 1.29 is 13.6 Å². The first kappa shape index (κ1) is 19.7. The van der Waals surface area contributed by atoms with Crippen molar-refractivity contribution >= 4 is 22.6 Å². The second kappa shape index (κ2) is 7.53. The molecule has 1 amide bonds. The lowest BCUT2D eigenvalue weighted by Crippen LogP contribution is -2.24. The van der Waals surface area contributed by atoms with E-state index in [1.807, 2.05) is 32.0 Å². The van der Waals surface area contributed by atoms with E-state index in [2.05, 4.69) is 10.4 Å². The molecule has 8 heteroatoms. The molecule has 6 nitrogen and oxygen atoms in total. The predicted molar refractivity (Wildman–Crippen MR) is 104 cm³/mol. The Balaban J connectivity index is 1.90. The number of halogens is 2. The number of pyridine rings is 1. The lowest BCUT2D eigenvalue weighted by atomic mass is 10.1. The number of aryl methyl sites for hydroxylation is 5. The summed E-state index contributed by atoms with van der Waals surface area (Å²) in [7, 11) is 1.63. The van der Waals surface area contributed by atoms with Crippen molar-refractivity contribution in [2.75, 3.05) is 5.32 Å². The zero-order chi connectivity index (χ0) is 20.6. The van der Waals surface area contributed by atoms with E-state index in [-0.39, 0.29) is 35.5 Å². The Hall–Kier alpha value is -3.03. The summed E-state index contributed by atoms with van der Waals surface area (Å²) in [6, 6.07) is 6.64. The highest BCUT2D eigenvalue weighted by Gasteiger charge is 2.21. The van der Waals surface area contributed by atoms with E-state index in [1.54, 1.807) is 14.0 Å². The van der Waals surface area contributed by atoms with Crippen molar-refractivity contribution in [1.29, 1.82) is 0 Å². The van der Waals surface area contributed by atoms with Gasteiger partial charge in [-0.1, -0.05) is 18.2 Å². The molecule has 0 aliphatic heterocycles. The van der Waals surface area contributed by atoms with Crippen LogP contribution in [-0.4, -0.2) is 20.3 Å². The van der Waals surface area contributed by atoms with E-state index in [9.17, 15) is 18.4 Å². The number of alkyl halides is 2. The van der Waals surface area contributed by atoms with Crippen LogP contribution in [0.1, 0.15) is 35.2 Å². The van der Waals surface area contributed by atoms with Gasteiger partial charge < -0.3 is 5.32 Å². The molecular weight excluding hydrogens is 366 g/mol. The number of rotatable bonds is 5. The van der Waals surface area contributed by atoms with Crippen LogP contribution < -0.4 is 10.9 Å². The zero-order valence-corrected chi connectivity index (χ0v) is 16.2. The summed E-state index contributed by atoms with van der Waals surface area (Å²) < 4.78 is 29.5. The standard InChI is InChI=1S/C20H22F2N4O2/c1-11-6-5-7-12(2)18(11)23-15(27)8-9-26-16(28)10-14(19(21)22)17-13(3)25(4)24-20(17)26/h5-7,10,19H,8-9H2,1-4H3,(H,23,27). The molecule has 0 unspecified atom stereocenters. The fourth-order valence-electron chi connectivity index (χ4n) is 3.32. The number of para-hydroxylation sites is 1. The van der Waals surface area contributed by atoms with E-state index in [1.165, 1.54) is 9.25 Å². The van der Waals surface area contributed by atoms with Crippen molar-refractivity contribution in [3.8, 4) is 0 Å². The van der Waals surface area contributed by atoms with E-state index < -0.39 is 12.0 Å². The Kier molecular flexibility index (Phi) is 5.31. The van der Waals surface area contributed by atoms with Gasteiger partial charge in [0.1, 0.15) is 0 Å². The second-order valence-corrected chi connectivity index (χ2v) is 6.86. The molecule has 0 radical (unpaired) electrons. The fraction of sp³-hybridized carbons (Fsp3) is 0.350. The maximum absolute atomic E-state index is 13.4. The van der Waals surface area contributed by atoms with Crippen molar-refractivity contribution in [3.05, 3.63) is 57.0 Å². The quantitative estimate of drug-likeness (QED) is 0.726. The number of carbonyl (C=O) groups is 1. The van der Waals surface area contributed by atoms with Crippen LogP contribution in [-0.2, 0) is 18.4 Å². The molecule has 0 bridgehead atoms. The highest BCUT2D eigenvalue weighted by molar-refractivity contribution is 5.92. The Morgan fingerprint density at radius 1 is 1.21 bits per heavy atom. The Bertz CT molecular complexity index is 1100. The van der Waals surface area contributed by atoms with Gasteiger partial charge in [-0.3, -0.25) is 18.8 Å². The number of nitrogens with one attached hydrogen (secondary N) is 1. The zero-order valence-electron chi connectivity index (χ0n) is 16.2. The molecule has 0 saturated heterocycles. The summed E-state index contributed by atoms with van der Waals surface area (Å²) in [5.41, 5.74) is 2.40. The van der Waals surface area contributed by atoms with E-state index in [0.29, 0.717) is 5.69 Å². The number of anilines is 1. The van der Waals surface area contributed by atoms with Crippen molar-refractivity contribution in [1.82, 2.24) is 14.3 Å². The van der Waals surface area contributed by atoms with Crippen LogP contribution >= 0.6 is 0 Å². The molecule has 0 spiro atoms. The third-order valence-corrected chi connectivity index (χ3v) is 4.95. The summed E-state index contributed by atoms with van der Waals surface area (Å²) in [4.78, 5) is 24.8. The van der Waals surface area contributed by atoms with E-state index in [0.717, 1.165) is 22.9 Å². The maximum atomic E-state index is 13.4. The molecule has 0 atom stereocenters. The summed E-state index contributed by atoms with van der Waals surface area (Å²) in [6.07, 6.45) is -2.76. The molecule has 1 N–H and O–H groups in total. The molecular formula is C20H22F2N4O2. The Labute approximate surface area is 160 Å². The number of carbonyl (C=O) groups excluding carboxylic acids is 1. The summed E-state index contributed by atoms with van der Waals surface area (Å²) in [5.74, 6) is -0.261. The molecule has 0 saturated carbocycles. The van der Waals surface area contributed by atoms with Crippen molar-refractivity contribution in [3.63, 3.8) is 0 Å². The number of hydrogen-bond acceptors (Lipinski definition) is 3. The third kappa shape index (κ3) is 3.54. The van der Waals surface area contributed by atoms with Crippen LogP contribution in [0.2, 0.25) is 0 Å². The highest BCUT2D eigenvalue weighted by atomic mass is 19.3. The summed E-state index contributed by atoms with van der Waals surface area (Å²) in [5, 5.41) is 7.34. The monoisotopic (exact) mass is 388 g/mol. The molecule has 2 heterocycles. The summed E-state index contributed by atoms with van der Waals surface area (Å²) in [6.45, 7) is 5.52. The predicted octanol–water partition coefficient (Wildman–Crippen LogP) is 3.63. The van der Waals surface area contributed by atoms with Crippen LogP contribution in [0.4, 0.5) is 14.5 Å². The molecule has 0 fully saturated rings. The molecule has 0 aliphatic carbocycles. The van der Waals surface area contributed by atoms with Crippen molar-refractivity contribution in [2.24, 2.45) is 7.05 Å². The first-order chi connectivity index (χ1) is 13.2. The first-order valence-corrected chi connectivity index (χ1v) is 8.92. The number of benzene rings is 1. The fourth-order valence-corrected chi connectivity index (χ4v) is 3.32. The van der Waals surface area contributed by atoms with Gasteiger partial charge in [0.2, 0.25) is 5.91 Å². The SMILES string of the molecule is Cc1cccc(C)c1NC(=O)CCn1c(=O)cc(C(F)F)c2c(C)n(C)nc21. The minimum absolute atomic E-state index is 0.0203. The van der Waals surface area contributed by atoms with Gasteiger partial charge in [0, 0.05) is 48.4 Å². The Morgan fingerprint density at radius 3 is 2.46 bits per heavy atom. The van der Waals surface area contributed by atoms with E-state index in [4.69, 9.17) is 0 Å². The van der Waals surface area contributed by atoms with Gasteiger partial charge >= 0.3 is 0 Å². The van der Waals surface area contributed by atoms with Crippen LogP contribution in [0.5, 0.6) is 0 Å². The summed E-state index contributed by atoms with van der Waals surface area (Å²) >= 11 is 0. The maximum Gasteiger partial charge on any atom is 0.264 e. The molecule has 0 aliphatic rings. The van der Waals surface area contributed by atoms with Gasteiger partial charge in [0.15, 0.2) is 5.65 Å². The largest absolute Gasteiger partial charge is 0.326 e. The van der Waals surface area contributed by atoms with Crippen LogP contribution in [0.15, 0.2) is 29.1 Å². The average Bonchev–Trinajstić information content (AvgIpc) is 2.91. The van der Waals surface area contributed by atoms with Gasteiger partial charge in [-0.2, -0.15) is 5.10 Å². The van der Waals surface area contributed by atoms with Gasteiger partial charge in [-0.05, 0) is 31.9 Å². The number of aromatic nitrogens is 3. The number of nitrogens with zero attached hydrogens (tertiary/aromatic N) is 3. The van der Waals surface area contributed by atoms with Crippen molar-refractivity contribution in [2.45, 2.75) is 40.2 Å². The van der Waals surface area contributed by atoms with E-state index >= 15 is 0 Å². The topological polar surface area (TPSA) is 68.9 Å². The number of hydrogen-bond donors (Lipinski definition) is 1.